The molecule has 23 heavy (non-hydrogen) atoms. The lowest BCUT2D eigenvalue weighted by atomic mass is 10.1. The number of rotatable bonds is 6. The largest absolute Gasteiger partial charge is 0.454 e. The van der Waals surface area contributed by atoms with E-state index in [9.17, 15) is 4.79 Å². The lowest BCUT2D eigenvalue weighted by Gasteiger charge is -2.06. The molecule has 1 N–H and O–H groups in total. The van der Waals surface area contributed by atoms with Gasteiger partial charge in [-0.15, -0.1) is 0 Å². The second-order valence-electron chi connectivity index (χ2n) is 4.99. The molecule has 2 aromatic rings. The van der Waals surface area contributed by atoms with Gasteiger partial charge in [0.05, 0.1) is 5.69 Å². The van der Waals surface area contributed by atoms with E-state index in [-0.39, 0.29) is 12.7 Å². The Morgan fingerprint density at radius 2 is 2.17 bits per heavy atom. The third kappa shape index (κ3) is 3.29. The maximum absolute atomic E-state index is 12.4. The lowest BCUT2D eigenvalue weighted by molar-refractivity contribution is 0.0956. The van der Waals surface area contributed by atoms with Gasteiger partial charge in [-0.1, -0.05) is 12.1 Å². The van der Waals surface area contributed by atoms with Crippen molar-refractivity contribution in [3.05, 3.63) is 29.5 Å². The van der Waals surface area contributed by atoms with Crippen LogP contribution in [0.2, 0.25) is 0 Å². The molecule has 0 bridgehead atoms. The van der Waals surface area contributed by atoms with E-state index in [0.29, 0.717) is 35.1 Å². The fourth-order valence-corrected chi connectivity index (χ4v) is 2.88. The van der Waals surface area contributed by atoms with E-state index >= 15 is 0 Å². The van der Waals surface area contributed by atoms with Crippen molar-refractivity contribution in [3.63, 3.8) is 0 Å². The van der Waals surface area contributed by atoms with Crippen molar-refractivity contribution >= 4 is 17.7 Å². The van der Waals surface area contributed by atoms with Crippen molar-refractivity contribution < 1.29 is 18.8 Å². The quantitative estimate of drug-likeness (QED) is 0.819. The molecule has 122 valence electrons. The Balaban J connectivity index is 1.82. The number of aromatic nitrogens is 1. The molecule has 0 aliphatic carbocycles. The van der Waals surface area contributed by atoms with Gasteiger partial charge in [0.15, 0.2) is 17.3 Å². The van der Waals surface area contributed by atoms with Crippen molar-refractivity contribution in [3.8, 4) is 22.8 Å². The number of amides is 1. The summed E-state index contributed by atoms with van der Waals surface area (Å²) in [5, 5.41) is 6.85. The van der Waals surface area contributed by atoms with Crippen LogP contribution in [0.4, 0.5) is 0 Å². The van der Waals surface area contributed by atoms with Gasteiger partial charge in [0.2, 0.25) is 6.79 Å². The lowest BCUT2D eigenvalue weighted by Crippen LogP contribution is -2.26. The highest BCUT2D eigenvalue weighted by Gasteiger charge is 2.23. The minimum atomic E-state index is -0.173. The van der Waals surface area contributed by atoms with Gasteiger partial charge in [0.1, 0.15) is 5.56 Å². The molecule has 6 nitrogen and oxygen atoms in total. The Hall–Kier alpha value is -2.15. The van der Waals surface area contributed by atoms with Gasteiger partial charge in [-0.05, 0) is 30.9 Å². The SMILES string of the molecule is CCSCCNC(=O)c1c(C)noc1-c1ccc2c(c1)OCO2. The van der Waals surface area contributed by atoms with Gasteiger partial charge in [-0.25, -0.2) is 0 Å². The van der Waals surface area contributed by atoms with E-state index in [1.807, 2.05) is 6.07 Å². The van der Waals surface area contributed by atoms with Crippen LogP contribution in [0.15, 0.2) is 22.7 Å². The summed E-state index contributed by atoms with van der Waals surface area (Å²) in [5.41, 5.74) is 1.77. The van der Waals surface area contributed by atoms with Gasteiger partial charge >= 0.3 is 0 Å². The minimum absolute atomic E-state index is 0.173. The van der Waals surface area contributed by atoms with Crippen LogP contribution >= 0.6 is 11.8 Å². The molecule has 0 saturated heterocycles. The van der Waals surface area contributed by atoms with Crippen molar-refractivity contribution in [2.45, 2.75) is 13.8 Å². The van der Waals surface area contributed by atoms with Crippen LogP contribution in [0.5, 0.6) is 11.5 Å². The highest BCUT2D eigenvalue weighted by molar-refractivity contribution is 7.99. The first kappa shape index (κ1) is 15.7. The monoisotopic (exact) mass is 334 g/mol. The van der Waals surface area contributed by atoms with Crippen LogP contribution in [-0.4, -0.2) is 35.9 Å². The number of nitrogens with one attached hydrogen (secondary N) is 1. The minimum Gasteiger partial charge on any atom is -0.454 e. The first-order chi connectivity index (χ1) is 11.2. The number of hydrogen-bond donors (Lipinski definition) is 1. The van der Waals surface area contributed by atoms with Crippen LogP contribution in [0.25, 0.3) is 11.3 Å². The fraction of sp³-hybridized carbons (Fsp3) is 0.375. The standard InChI is InChI=1S/C16H18N2O4S/c1-3-23-7-6-17-16(19)14-10(2)18-22-15(14)11-4-5-12-13(8-11)21-9-20-12/h4-5,8H,3,6-7,9H2,1-2H3,(H,17,19). The molecule has 0 radical (unpaired) electrons. The molecule has 0 unspecified atom stereocenters. The van der Waals surface area contributed by atoms with Crippen LogP contribution in [0.1, 0.15) is 23.0 Å². The van der Waals surface area contributed by atoms with E-state index in [4.69, 9.17) is 14.0 Å². The number of aryl methyl sites for hydroxylation is 1. The Kier molecular flexibility index (Phi) is 4.76. The van der Waals surface area contributed by atoms with E-state index in [1.54, 1.807) is 30.8 Å². The predicted molar refractivity (Wildman–Crippen MR) is 88.1 cm³/mol. The molecule has 0 fully saturated rings. The van der Waals surface area contributed by atoms with Crippen molar-refractivity contribution in [1.82, 2.24) is 10.5 Å². The second-order valence-corrected chi connectivity index (χ2v) is 6.39. The predicted octanol–water partition coefficient (Wildman–Crippen LogP) is 2.86. The summed E-state index contributed by atoms with van der Waals surface area (Å²) in [6.07, 6.45) is 0. The number of ether oxygens (including phenoxy) is 2. The van der Waals surface area contributed by atoms with Crippen LogP contribution < -0.4 is 14.8 Å². The van der Waals surface area contributed by atoms with Gasteiger partial charge in [0.25, 0.3) is 5.91 Å². The van der Waals surface area contributed by atoms with Crippen LogP contribution in [0, 0.1) is 6.92 Å². The summed E-state index contributed by atoms with van der Waals surface area (Å²) < 4.78 is 16.0. The van der Waals surface area contributed by atoms with Gasteiger partial charge in [-0.2, -0.15) is 11.8 Å². The number of thioether (sulfide) groups is 1. The van der Waals surface area contributed by atoms with Crippen molar-refractivity contribution in [1.29, 1.82) is 0 Å². The van der Waals surface area contributed by atoms with E-state index < -0.39 is 0 Å². The molecule has 3 rings (SSSR count). The highest BCUT2D eigenvalue weighted by Crippen LogP contribution is 2.37. The number of benzene rings is 1. The summed E-state index contributed by atoms with van der Waals surface area (Å²) in [7, 11) is 0. The fourth-order valence-electron chi connectivity index (χ4n) is 2.34. The number of carbonyl (C=O) groups excluding carboxylic acids is 1. The molecule has 0 atom stereocenters. The third-order valence-corrected chi connectivity index (χ3v) is 4.36. The average molecular weight is 334 g/mol. The van der Waals surface area contributed by atoms with Crippen LogP contribution in [0.3, 0.4) is 0 Å². The zero-order chi connectivity index (χ0) is 16.2. The summed E-state index contributed by atoms with van der Waals surface area (Å²) in [5.74, 6) is 3.51. The first-order valence-electron chi connectivity index (χ1n) is 7.43. The second kappa shape index (κ2) is 6.95. The topological polar surface area (TPSA) is 73.6 Å². The average Bonchev–Trinajstić information content (AvgIpc) is 3.16. The summed E-state index contributed by atoms with van der Waals surface area (Å²) >= 11 is 1.78. The Bertz CT molecular complexity index is 714. The van der Waals surface area contributed by atoms with Crippen molar-refractivity contribution in [2.24, 2.45) is 0 Å². The zero-order valence-corrected chi connectivity index (χ0v) is 13.9. The molecule has 1 aromatic carbocycles. The van der Waals surface area contributed by atoms with Gasteiger partial charge in [-0.3, -0.25) is 4.79 Å². The molecule has 7 heteroatoms. The molecular weight excluding hydrogens is 316 g/mol. The normalized spacial score (nSPS) is 12.4. The molecule has 0 saturated carbocycles. The first-order valence-corrected chi connectivity index (χ1v) is 8.58. The maximum Gasteiger partial charge on any atom is 0.257 e. The molecule has 1 aromatic heterocycles. The Morgan fingerprint density at radius 3 is 3.00 bits per heavy atom. The zero-order valence-electron chi connectivity index (χ0n) is 13.0. The molecule has 1 aliphatic rings. The van der Waals surface area contributed by atoms with E-state index in [0.717, 1.165) is 17.1 Å². The Labute approximate surface area is 138 Å². The Morgan fingerprint density at radius 1 is 1.35 bits per heavy atom. The third-order valence-electron chi connectivity index (χ3n) is 3.46. The van der Waals surface area contributed by atoms with Crippen LogP contribution in [-0.2, 0) is 0 Å². The van der Waals surface area contributed by atoms with E-state index in [2.05, 4.69) is 17.4 Å². The number of hydrogen-bond acceptors (Lipinski definition) is 6. The van der Waals surface area contributed by atoms with Gasteiger partial charge < -0.3 is 19.3 Å². The number of nitrogens with zero attached hydrogens (tertiary/aromatic N) is 1. The van der Waals surface area contributed by atoms with E-state index in [1.165, 1.54) is 0 Å². The number of carbonyl (C=O) groups is 1. The summed E-state index contributed by atoms with van der Waals surface area (Å²) in [6, 6.07) is 5.43. The smallest absolute Gasteiger partial charge is 0.257 e. The number of fused-ring (bicyclic) bond motifs is 1. The molecule has 0 spiro atoms. The van der Waals surface area contributed by atoms with Gasteiger partial charge in [0, 0.05) is 17.9 Å². The molecule has 2 heterocycles. The molecule has 1 amide bonds. The summed E-state index contributed by atoms with van der Waals surface area (Å²) in [4.78, 5) is 12.4. The van der Waals surface area contributed by atoms with Crippen molar-refractivity contribution in [2.75, 3.05) is 24.8 Å². The highest BCUT2D eigenvalue weighted by atomic mass is 32.2. The maximum atomic E-state index is 12.4. The molecular formula is C16H18N2O4S. The summed E-state index contributed by atoms with van der Waals surface area (Å²) in [6.45, 7) is 4.67. The molecule has 1 aliphatic heterocycles.